The van der Waals surface area contributed by atoms with Gasteiger partial charge in [-0.2, -0.15) is 0 Å². The van der Waals surface area contributed by atoms with Crippen molar-refractivity contribution in [2.24, 2.45) is 0 Å². The summed E-state index contributed by atoms with van der Waals surface area (Å²) in [6.07, 6.45) is 0. The number of hydrogen-bond donors (Lipinski definition) is 0. The van der Waals surface area contributed by atoms with Gasteiger partial charge in [0.1, 0.15) is 0 Å². The van der Waals surface area contributed by atoms with Crippen molar-refractivity contribution in [2.75, 3.05) is 0 Å². The molecule has 81 heavy (non-hydrogen) atoms. The number of nitrogens with zero attached hydrogens (tertiary/aromatic N) is 5. The predicted octanol–water partition coefficient (Wildman–Crippen LogP) is 17.7. The Balaban J connectivity index is 0.821. The first-order valence-corrected chi connectivity index (χ1v) is 27.8. The van der Waals surface area contributed by atoms with E-state index in [1.54, 1.807) is 0 Å². The van der Waals surface area contributed by atoms with Crippen molar-refractivity contribution >= 4 is 0 Å². The summed E-state index contributed by atoms with van der Waals surface area (Å²) in [4.78, 5) is 26.1. The van der Waals surface area contributed by atoms with E-state index >= 15 is 0 Å². The monoisotopic (exact) mass is 1030 g/mol. The molecule has 4 aliphatic carbocycles. The second kappa shape index (κ2) is 18.9. The van der Waals surface area contributed by atoms with E-state index in [1.807, 2.05) is 42.5 Å². The Hall–Kier alpha value is -10.5. The molecule has 5 nitrogen and oxygen atoms in total. The fraction of sp³-hybridized carbons (Fsp3) is 0.0395. The van der Waals surface area contributed by atoms with Crippen molar-refractivity contribution in [1.29, 1.82) is 0 Å². The van der Waals surface area contributed by atoms with Gasteiger partial charge in [0.15, 0.2) is 23.3 Å². The van der Waals surface area contributed by atoms with Crippen molar-refractivity contribution in [1.82, 2.24) is 24.9 Å². The van der Waals surface area contributed by atoms with Gasteiger partial charge in [0.2, 0.25) is 0 Å². The summed E-state index contributed by atoms with van der Waals surface area (Å²) in [5.74, 6) is 2.68. The number of hydrogen-bond acceptors (Lipinski definition) is 5. The van der Waals surface area contributed by atoms with Crippen molar-refractivity contribution in [3.8, 4) is 90.3 Å². The molecule has 2 heterocycles. The molecule has 2 atom stereocenters. The minimum absolute atomic E-state index is 0.0209. The maximum Gasteiger partial charge on any atom is 0.164 e. The lowest BCUT2D eigenvalue weighted by atomic mass is 9.60. The lowest BCUT2D eigenvalue weighted by molar-refractivity contribution is 0.754. The van der Waals surface area contributed by atoms with Gasteiger partial charge in [-0.05, 0) is 102 Å². The first-order chi connectivity index (χ1) is 40.2. The Morgan fingerprint density at radius 1 is 0.235 bits per heavy atom. The SMILES string of the molecule is c1ccc(-c2nc(-c3cccc(-c4cccc5c4C(c4ccccc4)(c4ccccc4)c4ccccc4-5)c3)cc(-c3ccc4c(c3)C3c5ccccc5C4c4cc(-c5nc(-c6ccccc6)nc(-c6ccccc6)n5)ccc43)n2)cc1. The van der Waals surface area contributed by atoms with Gasteiger partial charge in [-0.1, -0.05) is 261 Å². The standard InChI is InChI=1S/C76H49N5/c1-6-22-48(23-7-1)72-77-67(52-29-20-28-51(44-52)57-37-21-38-63-58-34-18-19-39-66(58)76(71(57)63,55-30-12-4-13-31-55)56-32-14-5-15-33-56)47-68(78-72)53-40-42-61-64(45-53)69-59-35-16-17-36-60(59)70(61)65-46-54(41-43-62(65)69)75-80-73(49-24-8-2-9-25-49)79-74(81-75)50-26-10-3-11-27-50/h1-47,69-70H. The fourth-order valence-corrected chi connectivity index (χ4v) is 13.5. The second-order valence-electron chi connectivity index (χ2n) is 21.4. The van der Waals surface area contributed by atoms with Crippen LogP contribution in [0.25, 0.3) is 90.3 Å². The van der Waals surface area contributed by atoms with Crippen LogP contribution in [-0.2, 0) is 5.41 Å². The minimum atomic E-state index is -0.550. The maximum absolute atomic E-state index is 5.41. The molecule has 0 amide bonds. The number of aromatic nitrogens is 5. The molecular weight excluding hydrogens is 983 g/mol. The molecule has 17 rings (SSSR count). The lowest BCUT2D eigenvalue weighted by Gasteiger charge is -2.42. The Kier molecular flexibility index (Phi) is 10.9. The average molecular weight is 1030 g/mol. The van der Waals surface area contributed by atoms with Crippen LogP contribution in [0.3, 0.4) is 0 Å². The number of benzene rings is 11. The van der Waals surface area contributed by atoms with Crippen LogP contribution in [0.2, 0.25) is 0 Å². The summed E-state index contributed by atoms with van der Waals surface area (Å²) in [6, 6.07) is 103. The van der Waals surface area contributed by atoms with E-state index in [9.17, 15) is 0 Å². The molecule has 5 heteroatoms. The van der Waals surface area contributed by atoms with E-state index in [1.165, 1.54) is 72.3 Å². The fourth-order valence-electron chi connectivity index (χ4n) is 13.5. The van der Waals surface area contributed by atoms with Crippen LogP contribution in [-0.4, -0.2) is 24.9 Å². The molecule has 378 valence electrons. The van der Waals surface area contributed by atoms with E-state index in [0.29, 0.717) is 23.3 Å². The highest BCUT2D eigenvalue weighted by Crippen LogP contribution is 2.60. The van der Waals surface area contributed by atoms with Crippen LogP contribution in [0, 0.1) is 0 Å². The summed E-state index contributed by atoms with van der Waals surface area (Å²) < 4.78 is 0. The van der Waals surface area contributed by atoms with E-state index in [0.717, 1.165) is 50.3 Å². The summed E-state index contributed by atoms with van der Waals surface area (Å²) in [7, 11) is 0. The Bertz CT molecular complexity index is 4480. The Morgan fingerprint density at radius 2 is 0.617 bits per heavy atom. The first-order valence-electron chi connectivity index (χ1n) is 27.8. The predicted molar refractivity (Wildman–Crippen MR) is 326 cm³/mol. The molecule has 11 aromatic carbocycles. The highest BCUT2D eigenvalue weighted by atomic mass is 15.0. The van der Waals surface area contributed by atoms with Gasteiger partial charge in [0.25, 0.3) is 0 Å². The zero-order valence-corrected chi connectivity index (χ0v) is 44.0. The Morgan fingerprint density at radius 3 is 1.19 bits per heavy atom. The number of fused-ring (bicyclic) bond motifs is 3. The normalized spacial score (nSPS) is 14.8. The van der Waals surface area contributed by atoms with Gasteiger partial charge in [0.05, 0.1) is 16.8 Å². The van der Waals surface area contributed by atoms with Crippen LogP contribution in [0.5, 0.6) is 0 Å². The van der Waals surface area contributed by atoms with E-state index in [4.69, 9.17) is 24.9 Å². The zero-order chi connectivity index (χ0) is 53.4. The summed E-state index contributed by atoms with van der Waals surface area (Å²) in [6.45, 7) is 0. The van der Waals surface area contributed by atoms with Crippen LogP contribution < -0.4 is 0 Å². The summed E-state index contributed by atoms with van der Waals surface area (Å²) in [5, 5.41) is 0. The Labute approximate surface area is 470 Å². The molecule has 0 saturated carbocycles. The largest absolute Gasteiger partial charge is 0.228 e. The quantitative estimate of drug-likeness (QED) is 0.144. The van der Waals surface area contributed by atoms with Gasteiger partial charge < -0.3 is 0 Å². The highest BCUT2D eigenvalue weighted by molar-refractivity contribution is 5.93. The van der Waals surface area contributed by atoms with E-state index in [2.05, 4.69) is 243 Å². The highest BCUT2D eigenvalue weighted by Gasteiger charge is 2.48. The smallest absolute Gasteiger partial charge is 0.164 e. The minimum Gasteiger partial charge on any atom is -0.228 e. The van der Waals surface area contributed by atoms with Crippen molar-refractivity contribution in [3.05, 3.63) is 341 Å². The van der Waals surface area contributed by atoms with Crippen LogP contribution >= 0.6 is 0 Å². The molecule has 0 N–H and O–H groups in total. The summed E-state index contributed by atoms with van der Waals surface area (Å²) in [5.41, 5.74) is 24.9. The molecule has 0 radical (unpaired) electrons. The van der Waals surface area contributed by atoms with Crippen LogP contribution in [0.4, 0.5) is 0 Å². The molecule has 4 aliphatic rings. The molecule has 2 aromatic heterocycles. The molecule has 2 unspecified atom stereocenters. The molecular formula is C76H49N5. The van der Waals surface area contributed by atoms with Crippen molar-refractivity contribution in [2.45, 2.75) is 17.3 Å². The van der Waals surface area contributed by atoms with Crippen LogP contribution in [0.15, 0.2) is 285 Å². The van der Waals surface area contributed by atoms with Gasteiger partial charge >= 0.3 is 0 Å². The first kappa shape index (κ1) is 46.6. The van der Waals surface area contributed by atoms with Gasteiger partial charge in [-0.3, -0.25) is 0 Å². The lowest BCUT2D eigenvalue weighted by Crippen LogP contribution is -2.29. The topological polar surface area (TPSA) is 64.5 Å². The zero-order valence-electron chi connectivity index (χ0n) is 44.0. The second-order valence-corrected chi connectivity index (χ2v) is 21.4. The third-order valence-electron chi connectivity index (χ3n) is 17.0. The molecule has 0 fully saturated rings. The number of rotatable bonds is 9. The van der Waals surface area contributed by atoms with Crippen LogP contribution in [0.1, 0.15) is 67.5 Å². The third-order valence-corrected chi connectivity index (χ3v) is 17.0. The van der Waals surface area contributed by atoms with Crippen molar-refractivity contribution < 1.29 is 0 Å². The third kappa shape index (κ3) is 7.50. The maximum atomic E-state index is 5.41. The van der Waals surface area contributed by atoms with Crippen molar-refractivity contribution in [3.63, 3.8) is 0 Å². The van der Waals surface area contributed by atoms with Gasteiger partial charge in [-0.25, -0.2) is 24.9 Å². The van der Waals surface area contributed by atoms with Gasteiger partial charge in [0, 0.05) is 45.2 Å². The molecule has 2 bridgehead atoms. The van der Waals surface area contributed by atoms with Gasteiger partial charge in [-0.15, -0.1) is 0 Å². The average Bonchev–Trinajstić information content (AvgIpc) is 3.99. The molecule has 0 saturated heterocycles. The molecule has 0 spiro atoms. The molecule has 0 aliphatic heterocycles. The van der Waals surface area contributed by atoms with E-state index in [-0.39, 0.29) is 11.8 Å². The molecule has 13 aromatic rings. The van der Waals surface area contributed by atoms with E-state index < -0.39 is 5.41 Å². The summed E-state index contributed by atoms with van der Waals surface area (Å²) >= 11 is 0.